The molecule has 1 rings (SSSR count). The lowest BCUT2D eigenvalue weighted by molar-refractivity contribution is 0.565. The molecule has 1 unspecified atom stereocenters. The molecule has 3 nitrogen and oxygen atoms in total. The number of halogens is 1. The number of nitrogens with one attached hydrogen (secondary N) is 1. The average molecular weight is 268 g/mol. The Morgan fingerprint density at radius 3 is 2.67 bits per heavy atom. The Kier molecular flexibility index (Phi) is 4.58. The molecule has 0 saturated heterocycles. The molecule has 0 amide bonds. The number of rotatable bonds is 5. The van der Waals surface area contributed by atoms with Gasteiger partial charge in [0.2, 0.25) is 0 Å². The summed E-state index contributed by atoms with van der Waals surface area (Å²) in [6.07, 6.45) is 1.80. The zero-order chi connectivity index (χ0) is 11.5. The molecule has 15 heavy (non-hydrogen) atoms. The molecule has 1 heterocycles. The van der Waals surface area contributed by atoms with Gasteiger partial charge >= 0.3 is 0 Å². The van der Waals surface area contributed by atoms with Crippen LogP contribution in [-0.4, -0.2) is 27.5 Å². The van der Waals surface area contributed by atoms with Crippen molar-refractivity contribution >= 4 is 32.8 Å². The second kappa shape index (κ2) is 5.30. The van der Waals surface area contributed by atoms with Crippen molar-refractivity contribution in [3.8, 4) is 0 Å². The summed E-state index contributed by atoms with van der Waals surface area (Å²) in [6.45, 7) is 0. The molecular formula is C9H14ClNO2S2. The van der Waals surface area contributed by atoms with Gasteiger partial charge in [-0.3, -0.25) is 0 Å². The molecule has 0 bridgehead atoms. The van der Waals surface area contributed by atoms with Crippen molar-refractivity contribution in [3.05, 3.63) is 21.3 Å². The van der Waals surface area contributed by atoms with Crippen LogP contribution in [0.4, 0.5) is 0 Å². The van der Waals surface area contributed by atoms with Crippen LogP contribution in [-0.2, 0) is 9.84 Å². The van der Waals surface area contributed by atoms with Crippen molar-refractivity contribution in [2.24, 2.45) is 0 Å². The lowest BCUT2D eigenvalue weighted by Gasteiger charge is -2.14. The highest BCUT2D eigenvalue weighted by Crippen LogP contribution is 2.30. The normalized spacial score (nSPS) is 14.1. The van der Waals surface area contributed by atoms with Crippen LogP contribution in [0.3, 0.4) is 0 Å². The number of thiophene rings is 1. The van der Waals surface area contributed by atoms with Crippen LogP contribution in [0, 0.1) is 0 Å². The molecule has 0 aromatic carbocycles. The molecule has 0 fully saturated rings. The lowest BCUT2D eigenvalue weighted by atomic mass is 10.2. The molecule has 1 aromatic rings. The molecular weight excluding hydrogens is 254 g/mol. The van der Waals surface area contributed by atoms with Gasteiger partial charge in [0.1, 0.15) is 9.84 Å². The predicted molar refractivity (Wildman–Crippen MR) is 65.5 cm³/mol. The van der Waals surface area contributed by atoms with E-state index in [1.807, 2.05) is 18.5 Å². The number of hydrogen-bond donors (Lipinski definition) is 1. The van der Waals surface area contributed by atoms with Crippen LogP contribution in [0.2, 0.25) is 5.02 Å². The highest BCUT2D eigenvalue weighted by atomic mass is 35.5. The van der Waals surface area contributed by atoms with Crippen molar-refractivity contribution in [2.75, 3.05) is 19.1 Å². The van der Waals surface area contributed by atoms with E-state index in [2.05, 4.69) is 5.32 Å². The maximum absolute atomic E-state index is 11.0. The van der Waals surface area contributed by atoms with Crippen molar-refractivity contribution in [1.29, 1.82) is 0 Å². The Balaban J connectivity index is 2.70. The highest BCUT2D eigenvalue weighted by molar-refractivity contribution is 7.90. The van der Waals surface area contributed by atoms with Crippen molar-refractivity contribution in [1.82, 2.24) is 5.32 Å². The van der Waals surface area contributed by atoms with Gasteiger partial charge < -0.3 is 5.32 Å². The molecule has 1 N–H and O–H groups in total. The van der Waals surface area contributed by atoms with Crippen LogP contribution >= 0.6 is 22.9 Å². The third-order valence-corrected chi connectivity index (χ3v) is 4.54. The Morgan fingerprint density at radius 2 is 2.27 bits per heavy atom. The second-order valence-corrected chi connectivity index (χ2v) is 7.01. The fourth-order valence-corrected chi connectivity index (χ4v) is 3.29. The molecule has 86 valence electrons. The standard InChI is InChI=1S/C9H14ClNO2S2/c1-11-8(4-6-15(2,12)13)9-7(10)3-5-14-9/h3,5,8,11H,4,6H2,1-2H3. The minimum absolute atomic E-state index is 0.0206. The lowest BCUT2D eigenvalue weighted by Crippen LogP contribution is -2.19. The molecule has 1 atom stereocenters. The zero-order valence-electron chi connectivity index (χ0n) is 8.66. The molecule has 0 aliphatic heterocycles. The zero-order valence-corrected chi connectivity index (χ0v) is 11.0. The molecule has 0 aliphatic carbocycles. The summed E-state index contributed by atoms with van der Waals surface area (Å²) in [5.74, 6) is 0.173. The van der Waals surface area contributed by atoms with Crippen molar-refractivity contribution < 1.29 is 8.42 Å². The first kappa shape index (κ1) is 13.0. The molecule has 6 heteroatoms. The average Bonchev–Trinajstić information content (AvgIpc) is 2.52. The summed E-state index contributed by atoms with van der Waals surface area (Å²) in [5.41, 5.74) is 0. The van der Waals surface area contributed by atoms with E-state index >= 15 is 0 Å². The molecule has 0 saturated carbocycles. The van der Waals surface area contributed by atoms with Crippen molar-refractivity contribution in [3.63, 3.8) is 0 Å². The van der Waals surface area contributed by atoms with Crippen LogP contribution in [0.15, 0.2) is 11.4 Å². The summed E-state index contributed by atoms with van der Waals surface area (Å²) >= 11 is 7.53. The van der Waals surface area contributed by atoms with Gasteiger partial charge in [0.15, 0.2) is 0 Å². The molecule has 1 aromatic heterocycles. The molecule has 0 aliphatic rings. The first-order chi connectivity index (χ1) is 6.94. The van der Waals surface area contributed by atoms with E-state index in [4.69, 9.17) is 11.6 Å². The van der Waals surface area contributed by atoms with Gasteiger partial charge in [0.05, 0.1) is 10.8 Å². The Labute approximate surface area is 99.4 Å². The second-order valence-electron chi connectivity index (χ2n) is 3.39. The topological polar surface area (TPSA) is 46.2 Å². The monoisotopic (exact) mass is 267 g/mol. The highest BCUT2D eigenvalue weighted by Gasteiger charge is 2.16. The molecule has 0 spiro atoms. The van der Waals surface area contributed by atoms with Gasteiger partial charge in [0, 0.05) is 17.2 Å². The van der Waals surface area contributed by atoms with E-state index in [1.54, 1.807) is 11.3 Å². The third kappa shape index (κ3) is 4.10. The van der Waals surface area contributed by atoms with Gasteiger partial charge in [-0.2, -0.15) is 0 Å². The Hall–Kier alpha value is -0.100. The van der Waals surface area contributed by atoms with Gasteiger partial charge in [-0.15, -0.1) is 11.3 Å². The first-order valence-corrected chi connectivity index (χ1v) is 7.83. The smallest absolute Gasteiger partial charge is 0.147 e. The minimum atomic E-state index is -2.91. The third-order valence-electron chi connectivity index (χ3n) is 2.09. The predicted octanol–water partition coefficient (Wildman–Crippen LogP) is 2.10. The van der Waals surface area contributed by atoms with Crippen LogP contribution in [0.25, 0.3) is 0 Å². The van der Waals surface area contributed by atoms with Gasteiger partial charge in [-0.25, -0.2) is 8.42 Å². The van der Waals surface area contributed by atoms with E-state index in [0.717, 1.165) is 4.88 Å². The van der Waals surface area contributed by atoms with Gasteiger partial charge in [-0.05, 0) is 24.9 Å². The van der Waals surface area contributed by atoms with Gasteiger partial charge in [-0.1, -0.05) is 11.6 Å². The van der Waals surface area contributed by atoms with E-state index in [-0.39, 0.29) is 11.8 Å². The Bertz CT molecular complexity index is 414. The van der Waals surface area contributed by atoms with Crippen LogP contribution in [0.1, 0.15) is 17.3 Å². The van der Waals surface area contributed by atoms with Gasteiger partial charge in [0.25, 0.3) is 0 Å². The largest absolute Gasteiger partial charge is 0.312 e. The fraction of sp³-hybridized carbons (Fsp3) is 0.556. The summed E-state index contributed by atoms with van der Waals surface area (Å²) in [4.78, 5) is 1.00. The van der Waals surface area contributed by atoms with Crippen LogP contribution < -0.4 is 5.32 Å². The van der Waals surface area contributed by atoms with E-state index < -0.39 is 9.84 Å². The summed E-state index contributed by atoms with van der Waals surface area (Å²) < 4.78 is 22.1. The summed E-state index contributed by atoms with van der Waals surface area (Å²) in [6, 6.07) is 1.85. The quantitative estimate of drug-likeness (QED) is 0.889. The number of hydrogen-bond acceptors (Lipinski definition) is 4. The van der Waals surface area contributed by atoms with Crippen molar-refractivity contribution in [2.45, 2.75) is 12.5 Å². The fourth-order valence-electron chi connectivity index (χ4n) is 1.29. The summed E-state index contributed by atoms with van der Waals surface area (Å²) in [5, 5.41) is 5.69. The van der Waals surface area contributed by atoms with E-state index in [1.165, 1.54) is 6.26 Å². The maximum Gasteiger partial charge on any atom is 0.147 e. The van der Waals surface area contributed by atoms with E-state index in [9.17, 15) is 8.42 Å². The van der Waals surface area contributed by atoms with Crippen LogP contribution in [0.5, 0.6) is 0 Å². The minimum Gasteiger partial charge on any atom is -0.312 e. The first-order valence-electron chi connectivity index (χ1n) is 4.52. The summed E-state index contributed by atoms with van der Waals surface area (Å²) in [7, 11) is -1.10. The van der Waals surface area contributed by atoms with E-state index in [0.29, 0.717) is 11.4 Å². The number of sulfone groups is 1. The maximum atomic E-state index is 11.0. The Morgan fingerprint density at radius 1 is 1.60 bits per heavy atom. The molecule has 0 radical (unpaired) electrons. The SMILES string of the molecule is CNC(CCS(C)(=O)=O)c1sccc1Cl.